The fraction of sp³-hybridized carbons (Fsp3) is 0.200. The predicted molar refractivity (Wildman–Crippen MR) is 62.2 cm³/mol. The maximum Gasteiger partial charge on any atom is 0.273 e. The molecular weight excluding hydrogens is 228 g/mol. The molecule has 5 heteroatoms. The number of carbonyl (C=O) groups excluding carboxylic acids is 1. The molecule has 2 rings (SSSR count). The second kappa shape index (κ2) is 4.55. The van der Waals surface area contributed by atoms with Gasteiger partial charge in [-0.3, -0.25) is 4.79 Å². The molecule has 2 heterocycles. The molecule has 1 amide bonds. The van der Waals surface area contributed by atoms with E-state index in [-0.39, 0.29) is 5.91 Å². The molecule has 3 nitrogen and oxygen atoms in total. The van der Waals surface area contributed by atoms with Gasteiger partial charge in [-0.2, -0.15) is 0 Å². The van der Waals surface area contributed by atoms with Gasteiger partial charge in [0.2, 0.25) is 0 Å². The van der Waals surface area contributed by atoms with E-state index in [1.165, 1.54) is 16.2 Å². The summed E-state index contributed by atoms with van der Waals surface area (Å²) in [6, 6.07) is 4.01. The Morgan fingerprint density at radius 1 is 1.60 bits per heavy atom. The van der Waals surface area contributed by atoms with Gasteiger partial charge in [-0.05, 0) is 11.4 Å². The highest BCUT2D eigenvalue weighted by Gasteiger charge is 2.13. The molecule has 2 aromatic heterocycles. The van der Waals surface area contributed by atoms with E-state index in [1.807, 2.05) is 17.5 Å². The second-order valence-corrected chi connectivity index (χ2v) is 4.87. The molecule has 0 unspecified atom stereocenters. The first kappa shape index (κ1) is 10.3. The average molecular weight is 238 g/mol. The van der Waals surface area contributed by atoms with Crippen molar-refractivity contribution in [3.63, 3.8) is 0 Å². The van der Waals surface area contributed by atoms with Crippen LogP contribution in [0.5, 0.6) is 0 Å². The smallest absolute Gasteiger partial charge is 0.273 e. The van der Waals surface area contributed by atoms with E-state index in [2.05, 4.69) is 4.98 Å². The molecular formula is C10H10N2OS2. The number of hydrogen-bond donors (Lipinski definition) is 0. The van der Waals surface area contributed by atoms with E-state index < -0.39 is 0 Å². The third-order valence-corrected chi connectivity index (χ3v) is 3.42. The lowest BCUT2D eigenvalue weighted by molar-refractivity contribution is 0.0781. The average Bonchev–Trinajstić information content (AvgIpc) is 2.88. The van der Waals surface area contributed by atoms with Crippen LogP contribution in [-0.2, 0) is 6.54 Å². The molecule has 0 saturated carbocycles. The number of rotatable bonds is 3. The fourth-order valence-corrected chi connectivity index (χ4v) is 2.50. The van der Waals surface area contributed by atoms with Crippen molar-refractivity contribution in [1.29, 1.82) is 0 Å². The lowest BCUT2D eigenvalue weighted by atomic mass is 10.4. The van der Waals surface area contributed by atoms with Gasteiger partial charge in [0.25, 0.3) is 5.91 Å². The minimum atomic E-state index is -0.0235. The molecule has 0 aliphatic rings. The molecule has 0 fully saturated rings. The number of amides is 1. The van der Waals surface area contributed by atoms with Crippen molar-refractivity contribution in [2.75, 3.05) is 7.05 Å². The van der Waals surface area contributed by atoms with E-state index in [1.54, 1.807) is 34.2 Å². The predicted octanol–water partition coefficient (Wildman–Crippen LogP) is 2.48. The minimum Gasteiger partial charge on any atom is -0.335 e. The molecule has 2 aromatic rings. The van der Waals surface area contributed by atoms with Crippen LogP contribution in [0.3, 0.4) is 0 Å². The highest BCUT2D eigenvalue weighted by molar-refractivity contribution is 7.09. The second-order valence-electron chi connectivity index (χ2n) is 3.11. The van der Waals surface area contributed by atoms with Gasteiger partial charge in [0.1, 0.15) is 5.69 Å². The Balaban J connectivity index is 2.03. The van der Waals surface area contributed by atoms with Crippen molar-refractivity contribution in [2.45, 2.75) is 6.54 Å². The van der Waals surface area contributed by atoms with Crippen LogP contribution >= 0.6 is 22.7 Å². The molecule has 0 spiro atoms. The maximum absolute atomic E-state index is 11.8. The van der Waals surface area contributed by atoms with Crippen LogP contribution in [-0.4, -0.2) is 22.8 Å². The first-order valence-electron chi connectivity index (χ1n) is 4.43. The van der Waals surface area contributed by atoms with Gasteiger partial charge < -0.3 is 4.90 Å². The lowest BCUT2D eigenvalue weighted by Crippen LogP contribution is -2.25. The van der Waals surface area contributed by atoms with Crippen molar-refractivity contribution in [3.8, 4) is 0 Å². The van der Waals surface area contributed by atoms with Gasteiger partial charge in [0.05, 0.1) is 12.1 Å². The van der Waals surface area contributed by atoms with E-state index >= 15 is 0 Å². The summed E-state index contributed by atoms with van der Waals surface area (Å²) in [4.78, 5) is 18.7. The van der Waals surface area contributed by atoms with Crippen LogP contribution in [0.4, 0.5) is 0 Å². The molecule has 0 saturated heterocycles. The summed E-state index contributed by atoms with van der Waals surface area (Å²) in [6.07, 6.45) is 0. The topological polar surface area (TPSA) is 33.2 Å². The first-order chi connectivity index (χ1) is 7.27. The summed E-state index contributed by atoms with van der Waals surface area (Å²) >= 11 is 3.09. The van der Waals surface area contributed by atoms with E-state index in [0.717, 1.165) is 0 Å². The van der Waals surface area contributed by atoms with Crippen molar-refractivity contribution < 1.29 is 4.79 Å². The molecule has 0 aromatic carbocycles. The van der Waals surface area contributed by atoms with E-state index in [0.29, 0.717) is 12.2 Å². The molecule has 15 heavy (non-hydrogen) atoms. The van der Waals surface area contributed by atoms with Gasteiger partial charge in [-0.15, -0.1) is 22.7 Å². The quantitative estimate of drug-likeness (QED) is 0.823. The number of thiophene rings is 1. The van der Waals surface area contributed by atoms with Crippen molar-refractivity contribution >= 4 is 28.6 Å². The SMILES string of the molecule is CN(Cc1cccs1)C(=O)c1cscn1. The summed E-state index contributed by atoms with van der Waals surface area (Å²) in [6.45, 7) is 0.647. The largest absolute Gasteiger partial charge is 0.335 e. The summed E-state index contributed by atoms with van der Waals surface area (Å²) in [7, 11) is 1.79. The molecule has 0 atom stereocenters. The zero-order valence-corrected chi connectivity index (χ0v) is 9.85. The van der Waals surface area contributed by atoms with E-state index in [9.17, 15) is 4.79 Å². The molecule has 0 radical (unpaired) electrons. The summed E-state index contributed by atoms with van der Waals surface area (Å²) in [5, 5.41) is 3.78. The third kappa shape index (κ3) is 2.43. The fourth-order valence-electron chi connectivity index (χ4n) is 1.22. The highest BCUT2D eigenvalue weighted by atomic mass is 32.1. The van der Waals surface area contributed by atoms with Gasteiger partial charge >= 0.3 is 0 Å². The highest BCUT2D eigenvalue weighted by Crippen LogP contribution is 2.13. The van der Waals surface area contributed by atoms with Crippen molar-refractivity contribution in [2.24, 2.45) is 0 Å². The van der Waals surface area contributed by atoms with Crippen LogP contribution < -0.4 is 0 Å². The minimum absolute atomic E-state index is 0.0235. The lowest BCUT2D eigenvalue weighted by Gasteiger charge is -2.14. The number of hydrogen-bond acceptors (Lipinski definition) is 4. The monoisotopic (exact) mass is 238 g/mol. The number of aromatic nitrogens is 1. The van der Waals surface area contributed by atoms with Crippen molar-refractivity contribution in [1.82, 2.24) is 9.88 Å². The van der Waals surface area contributed by atoms with Gasteiger partial charge in [0, 0.05) is 17.3 Å². The third-order valence-electron chi connectivity index (χ3n) is 1.97. The van der Waals surface area contributed by atoms with Crippen LogP contribution in [0.25, 0.3) is 0 Å². The zero-order valence-electron chi connectivity index (χ0n) is 8.21. The Kier molecular flexibility index (Phi) is 3.13. The van der Waals surface area contributed by atoms with Gasteiger partial charge in [-0.1, -0.05) is 6.07 Å². The van der Waals surface area contributed by atoms with Crippen LogP contribution in [0.2, 0.25) is 0 Å². The maximum atomic E-state index is 11.8. The van der Waals surface area contributed by atoms with Crippen LogP contribution in [0, 0.1) is 0 Å². The molecule has 0 N–H and O–H groups in total. The standard InChI is InChI=1S/C10H10N2OS2/c1-12(5-8-3-2-4-15-8)10(13)9-6-14-7-11-9/h2-4,6-7H,5H2,1H3. The molecule has 0 aliphatic carbocycles. The number of carbonyl (C=O) groups is 1. The van der Waals surface area contributed by atoms with Gasteiger partial charge in [-0.25, -0.2) is 4.98 Å². The van der Waals surface area contributed by atoms with Crippen LogP contribution in [0.1, 0.15) is 15.4 Å². The molecule has 0 bridgehead atoms. The van der Waals surface area contributed by atoms with Gasteiger partial charge in [0.15, 0.2) is 0 Å². The van der Waals surface area contributed by atoms with Crippen LogP contribution in [0.15, 0.2) is 28.4 Å². The van der Waals surface area contributed by atoms with Crippen molar-refractivity contribution in [3.05, 3.63) is 39.0 Å². The number of nitrogens with zero attached hydrogens (tertiary/aromatic N) is 2. The Morgan fingerprint density at radius 2 is 2.47 bits per heavy atom. The first-order valence-corrected chi connectivity index (χ1v) is 6.25. The Bertz CT molecular complexity index is 422. The zero-order chi connectivity index (χ0) is 10.7. The summed E-state index contributed by atoms with van der Waals surface area (Å²) < 4.78 is 0. The molecule has 78 valence electrons. The molecule has 0 aliphatic heterocycles. The summed E-state index contributed by atoms with van der Waals surface area (Å²) in [5.74, 6) is -0.0235. The number of thiazole rings is 1. The summed E-state index contributed by atoms with van der Waals surface area (Å²) in [5.41, 5.74) is 2.20. The normalized spacial score (nSPS) is 10.2. The van der Waals surface area contributed by atoms with E-state index in [4.69, 9.17) is 0 Å². The Labute approximate surface area is 96.0 Å². The Morgan fingerprint density at radius 3 is 3.07 bits per heavy atom. The Hall–Kier alpha value is -1.20.